The molecule has 0 aliphatic rings. The van der Waals surface area contributed by atoms with Crippen LogP contribution in [0, 0.1) is 0 Å². The van der Waals surface area contributed by atoms with Gasteiger partial charge in [0.25, 0.3) is 0 Å². The Morgan fingerprint density at radius 3 is 1.81 bits per heavy atom. The lowest BCUT2D eigenvalue weighted by Gasteiger charge is -2.12. The number of hydrogen-bond acceptors (Lipinski definition) is 4. The second-order valence-corrected chi connectivity index (χ2v) is 2.68. The number of aromatic nitrogens is 1. The molecule has 1 heterocycles. The van der Waals surface area contributed by atoms with E-state index in [0.29, 0.717) is 31.3 Å². The van der Waals surface area contributed by atoms with Crippen molar-refractivity contribution in [3.05, 3.63) is 18.0 Å². The lowest BCUT2D eigenvalue weighted by Crippen LogP contribution is -2.06. The molecule has 4 nitrogen and oxygen atoms in total. The van der Waals surface area contributed by atoms with E-state index in [2.05, 4.69) is 4.98 Å². The zero-order valence-corrected chi connectivity index (χ0v) is 11.1. The topological polar surface area (TPSA) is 57.4 Å². The predicted molar refractivity (Wildman–Crippen MR) is 69.0 cm³/mol. The van der Waals surface area contributed by atoms with E-state index in [4.69, 9.17) is 15.2 Å². The van der Waals surface area contributed by atoms with E-state index in [-0.39, 0.29) is 24.8 Å². The molecule has 0 aromatic carbocycles. The Bertz CT molecular complexity index is 274. The first kappa shape index (κ1) is 17.7. The van der Waals surface area contributed by atoms with Crippen LogP contribution >= 0.6 is 24.8 Å². The smallest absolute Gasteiger partial charge is 0.145 e. The highest BCUT2D eigenvalue weighted by Gasteiger charge is 2.08. The number of hydrogen-bond donors (Lipinski definition) is 1. The van der Waals surface area contributed by atoms with Crippen LogP contribution in [0.15, 0.2) is 12.4 Å². The van der Waals surface area contributed by atoms with Crippen LogP contribution in [-0.4, -0.2) is 18.2 Å². The maximum atomic E-state index is 5.62. The van der Waals surface area contributed by atoms with Gasteiger partial charge in [-0.1, -0.05) is 0 Å². The van der Waals surface area contributed by atoms with Gasteiger partial charge >= 0.3 is 0 Å². The number of nitrogens with two attached hydrogens (primary N) is 1. The average molecular weight is 269 g/mol. The summed E-state index contributed by atoms with van der Waals surface area (Å²) >= 11 is 0. The summed E-state index contributed by atoms with van der Waals surface area (Å²) < 4.78 is 10.8. The van der Waals surface area contributed by atoms with Crippen molar-refractivity contribution in [2.45, 2.75) is 20.4 Å². The molecule has 0 unspecified atom stereocenters. The van der Waals surface area contributed by atoms with Crippen LogP contribution in [-0.2, 0) is 6.54 Å². The van der Waals surface area contributed by atoms with Crippen LogP contribution in [0.25, 0.3) is 0 Å². The van der Waals surface area contributed by atoms with Gasteiger partial charge in [-0.25, -0.2) is 0 Å². The summed E-state index contributed by atoms with van der Waals surface area (Å²) in [6, 6.07) is 0. The highest BCUT2D eigenvalue weighted by atomic mass is 35.5. The first-order valence-corrected chi connectivity index (χ1v) is 4.76. The first-order valence-electron chi connectivity index (χ1n) is 4.76. The van der Waals surface area contributed by atoms with E-state index in [1.165, 1.54) is 0 Å². The van der Waals surface area contributed by atoms with Gasteiger partial charge in [0.15, 0.2) is 0 Å². The summed E-state index contributed by atoms with van der Waals surface area (Å²) in [6.07, 6.45) is 3.32. The molecular formula is C10H18Cl2N2O2. The molecule has 0 atom stereocenters. The van der Waals surface area contributed by atoms with Gasteiger partial charge in [0, 0.05) is 6.54 Å². The average Bonchev–Trinajstić information content (AvgIpc) is 2.19. The van der Waals surface area contributed by atoms with E-state index >= 15 is 0 Å². The molecule has 0 saturated carbocycles. The lowest BCUT2D eigenvalue weighted by molar-refractivity contribution is 0.314. The highest BCUT2D eigenvalue weighted by molar-refractivity contribution is 5.85. The number of nitrogens with zero attached hydrogens (tertiary/aromatic N) is 1. The Labute approximate surface area is 108 Å². The fraction of sp³-hybridized carbons (Fsp3) is 0.500. The third-order valence-corrected chi connectivity index (χ3v) is 1.78. The van der Waals surface area contributed by atoms with Gasteiger partial charge in [0.1, 0.15) is 11.5 Å². The van der Waals surface area contributed by atoms with Gasteiger partial charge in [0.2, 0.25) is 0 Å². The fourth-order valence-electron chi connectivity index (χ4n) is 1.21. The first-order chi connectivity index (χ1) is 6.83. The maximum Gasteiger partial charge on any atom is 0.145 e. The molecule has 0 aliphatic carbocycles. The zero-order valence-electron chi connectivity index (χ0n) is 9.43. The highest BCUT2D eigenvalue weighted by Crippen LogP contribution is 2.26. The molecule has 1 aromatic rings. The van der Waals surface area contributed by atoms with E-state index in [0.717, 1.165) is 5.56 Å². The minimum Gasteiger partial charge on any atom is -0.492 e. The number of halogens is 2. The largest absolute Gasteiger partial charge is 0.492 e. The number of rotatable bonds is 5. The van der Waals surface area contributed by atoms with Crippen LogP contribution in [0.2, 0.25) is 0 Å². The summed E-state index contributed by atoms with van der Waals surface area (Å²) in [5, 5.41) is 0. The predicted octanol–water partition coefficient (Wildman–Crippen LogP) is 2.18. The van der Waals surface area contributed by atoms with Crippen molar-refractivity contribution >= 4 is 24.8 Å². The van der Waals surface area contributed by atoms with Crippen LogP contribution in [0.3, 0.4) is 0 Å². The normalized spacial score (nSPS) is 8.69. The Morgan fingerprint density at radius 1 is 1.06 bits per heavy atom. The van der Waals surface area contributed by atoms with Crippen LogP contribution < -0.4 is 15.2 Å². The van der Waals surface area contributed by atoms with Crippen molar-refractivity contribution in [3.8, 4) is 11.5 Å². The molecule has 94 valence electrons. The molecular weight excluding hydrogens is 251 g/mol. The van der Waals surface area contributed by atoms with Crippen molar-refractivity contribution in [3.63, 3.8) is 0 Å². The molecule has 0 fully saturated rings. The van der Waals surface area contributed by atoms with Gasteiger partial charge in [-0.05, 0) is 13.8 Å². The Morgan fingerprint density at radius 2 is 1.50 bits per heavy atom. The van der Waals surface area contributed by atoms with Crippen LogP contribution in [0.1, 0.15) is 19.4 Å². The quantitative estimate of drug-likeness (QED) is 0.890. The Kier molecular flexibility index (Phi) is 10.5. The standard InChI is InChI=1S/C10H16N2O2.2ClH/c1-3-13-9-6-12-7-10(14-4-2)8(9)5-11;;/h6-7H,3-5,11H2,1-2H3;2*1H. The summed E-state index contributed by atoms with van der Waals surface area (Å²) in [5.41, 5.74) is 6.50. The third-order valence-electron chi connectivity index (χ3n) is 1.78. The van der Waals surface area contributed by atoms with Gasteiger partial charge in [-0.2, -0.15) is 0 Å². The molecule has 0 saturated heterocycles. The Balaban J connectivity index is 0. The van der Waals surface area contributed by atoms with E-state index < -0.39 is 0 Å². The molecule has 16 heavy (non-hydrogen) atoms. The van der Waals surface area contributed by atoms with Crippen LogP contribution in [0.5, 0.6) is 11.5 Å². The van der Waals surface area contributed by atoms with Gasteiger partial charge in [-0.3, -0.25) is 4.98 Å². The van der Waals surface area contributed by atoms with E-state index in [9.17, 15) is 0 Å². The summed E-state index contributed by atoms with van der Waals surface area (Å²) in [5.74, 6) is 1.42. The molecule has 1 aromatic heterocycles. The van der Waals surface area contributed by atoms with Crippen molar-refractivity contribution in [1.29, 1.82) is 0 Å². The molecule has 1 rings (SSSR count). The molecule has 6 heteroatoms. The monoisotopic (exact) mass is 268 g/mol. The van der Waals surface area contributed by atoms with Gasteiger partial charge in [-0.15, -0.1) is 24.8 Å². The summed E-state index contributed by atoms with van der Waals surface area (Å²) in [4.78, 5) is 4.02. The fourth-order valence-corrected chi connectivity index (χ4v) is 1.21. The zero-order chi connectivity index (χ0) is 10.4. The molecule has 0 amide bonds. The van der Waals surface area contributed by atoms with Crippen molar-refractivity contribution in [1.82, 2.24) is 4.98 Å². The van der Waals surface area contributed by atoms with Crippen LogP contribution in [0.4, 0.5) is 0 Å². The second kappa shape index (κ2) is 9.51. The number of ether oxygens (including phenoxy) is 2. The van der Waals surface area contributed by atoms with E-state index in [1.807, 2.05) is 13.8 Å². The number of pyridine rings is 1. The molecule has 0 spiro atoms. The van der Waals surface area contributed by atoms with Crippen molar-refractivity contribution in [2.75, 3.05) is 13.2 Å². The minimum absolute atomic E-state index is 0. The molecule has 0 radical (unpaired) electrons. The summed E-state index contributed by atoms with van der Waals surface area (Å²) in [7, 11) is 0. The molecule has 0 aliphatic heterocycles. The second-order valence-electron chi connectivity index (χ2n) is 2.68. The minimum atomic E-state index is 0. The summed E-state index contributed by atoms with van der Waals surface area (Å²) in [6.45, 7) is 5.45. The van der Waals surface area contributed by atoms with Gasteiger partial charge in [0.05, 0.1) is 31.2 Å². The Hall–Kier alpha value is -0.710. The molecule has 2 N–H and O–H groups in total. The van der Waals surface area contributed by atoms with Crippen molar-refractivity contribution in [2.24, 2.45) is 5.73 Å². The molecule has 0 bridgehead atoms. The third kappa shape index (κ3) is 4.43. The van der Waals surface area contributed by atoms with E-state index in [1.54, 1.807) is 12.4 Å². The lowest BCUT2D eigenvalue weighted by atomic mass is 10.2. The SMILES string of the molecule is CCOc1cncc(OCC)c1CN.Cl.Cl. The maximum absolute atomic E-state index is 5.62. The van der Waals surface area contributed by atoms with Crippen molar-refractivity contribution < 1.29 is 9.47 Å². The van der Waals surface area contributed by atoms with Gasteiger partial charge < -0.3 is 15.2 Å².